The van der Waals surface area contributed by atoms with E-state index in [4.69, 9.17) is 4.74 Å². The summed E-state index contributed by atoms with van der Waals surface area (Å²) >= 11 is 0. The lowest BCUT2D eigenvalue weighted by Gasteiger charge is -2.12. The molecule has 0 fully saturated rings. The average molecular weight is 277 g/mol. The van der Waals surface area contributed by atoms with Crippen LogP contribution in [0.25, 0.3) is 0 Å². The SMILES string of the molecule is CC(=O)c1ccc(F)cc1OCc1ncnn1C(C)C. The van der Waals surface area contributed by atoms with Gasteiger partial charge in [0.1, 0.15) is 24.5 Å². The largest absolute Gasteiger partial charge is 0.485 e. The Morgan fingerprint density at radius 3 is 2.85 bits per heavy atom. The van der Waals surface area contributed by atoms with Gasteiger partial charge < -0.3 is 4.74 Å². The number of rotatable bonds is 5. The molecule has 5 nitrogen and oxygen atoms in total. The molecule has 0 atom stereocenters. The van der Waals surface area contributed by atoms with Gasteiger partial charge in [-0.2, -0.15) is 5.10 Å². The van der Waals surface area contributed by atoms with Crippen LogP contribution in [0.1, 0.15) is 43.0 Å². The van der Waals surface area contributed by atoms with E-state index in [0.717, 1.165) is 0 Å². The van der Waals surface area contributed by atoms with Crippen molar-refractivity contribution in [1.82, 2.24) is 14.8 Å². The minimum Gasteiger partial charge on any atom is -0.485 e. The van der Waals surface area contributed by atoms with Gasteiger partial charge in [0.2, 0.25) is 0 Å². The zero-order chi connectivity index (χ0) is 14.7. The van der Waals surface area contributed by atoms with Crippen LogP contribution in [0.4, 0.5) is 4.39 Å². The van der Waals surface area contributed by atoms with Crippen LogP contribution < -0.4 is 4.74 Å². The Labute approximate surface area is 116 Å². The molecule has 0 aliphatic rings. The van der Waals surface area contributed by atoms with E-state index in [-0.39, 0.29) is 24.2 Å². The molecule has 0 unspecified atom stereocenters. The van der Waals surface area contributed by atoms with Gasteiger partial charge in [-0.3, -0.25) is 4.79 Å². The molecule has 0 bridgehead atoms. The van der Waals surface area contributed by atoms with Crippen LogP contribution in [0.3, 0.4) is 0 Å². The maximum absolute atomic E-state index is 13.3. The van der Waals surface area contributed by atoms with E-state index in [1.54, 1.807) is 4.68 Å². The predicted molar refractivity (Wildman–Crippen MR) is 71.1 cm³/mol. The number of hydrogen-bond donors (Lipinski definition) is 0. The number of carbonyl (C=O) groups is 1. The molecule has 1 aromatic carbocycles. The fourth-order valence-electron chi connectivity index (χ4n) is 1.86. The highest BCUT2D eigenvalue weighted by Gasteiger charge is 2.13. The molecule has 0 aliphatic carbocycles. The molecular weight excluding hydrogens is 261 g/mol. The number of halogens is 1. The molecular formula is C14H16FN3O2. The van der Waals surface area contributed by atoms with Gasteiger partial charge in [-0.05, 0) is 32.9 Å². The molecule has 20 heavy (non-hydrogen) atoms. The molecule has 0 spiro atoms. The van der Waals surface area contributed by atoms with Gasteiger partial charge in [0, 0.05) is 12.1 Å². The van der Waals surface area contributed by atoms with Crippen molar-refractivity contribution >= 4 is 5.78 Å². The van der Waals surface area contributed by atoms with Crippen molar-refractivity contribution in [3.05, 3.63) is 41.7 Å². The van der Waals surface area contributed by atoms with Crippen molar-refractivity contribution in [2.45, 2.75) is 33.4 Å². The fourth-order valence-corrected chi connectivity index (χ4v) is 1.86. The van der Waals surface area contributed by atoms with E-state index >= 15 is 0 Å². The molecule has 1 heterocycles. The third-order valence-electron chi connectivity index (χ3n) is 2.82. The van der Waals surface area contributed by atoms with Crippen molar-refractivity contribution in [2.75, 3.05) is 0 Å². The molecule has 2 rings (SSSR count). The number of ketones is 1. The summed E-state index contributed by atoms with van der Waals surface area (Å²) in [5, 5.41) is 4.09. The number of Topliss-reactive ketones (excluding diaryl/α,β-unsaturated/α-hetero) is 1. The van der Waals surface area contributed by atoms with Crippen molar-refractivity contribution in [3.8, 4) is 5.75 Å². The molecule has 0 N–H and O–H groups in total. The van der Waals surface area contributed by atoms with Gasteiger partial charge in [0.05, 0.1) is 5.56 Å². The molecule has 0 aliphatic heterocycles. The summed E-state index contributed by atoms with van der Waals surface area (Å²) in [5.41, 5.74) is 0.349. The normalized spacial score (nSPS) is 10.8. The summed E-state index contributed by atoms with van der Waals surface area (Å²) in [5.74, 6) is 0.218. The maximum atomic E-state index is 13.3. The lowest BCUT2D eigenvalue weighted by Crippen LogP contribution is -2.11. The predicted octanol–water partition coefficient (Wildman–Crippen LogP) is 2.78. The number of ether oxygens (including phenoxy) is 1. The number of hydrogen-bond acceptors (Lipinski definition) is 4. The number of nitrogens with zero attached hydrogens (tertiary/aromatic N) is 3. The van der Waals surface area contributed by atoms with Gasteiger partial charge in [-0.15, -0.1) is 0 Å². The van der Waals surface area contributed by atoms with Crippen molar-refractivity contribution < 1.29 is 13.9 Å². The molecule has 106 valence electrons. The zero-order valence-electron chi connectivity index (χ0n) is 11.6. The topological polar surface area (TPSA) is 57.0 Å². The standard InChI is InChI=1S/C14H16FN3O2/c1-9(2)18-14(16-8-17-18)7-20-13-6-11(15)4-5-12(13)10(3)19/h4-6,8-9H,7H2,1-3H3. The summed E-state index contributed by atoms with van der Waals surface area (Å²) < 4.78 is 20.5. The Balaban J connectivity index is 2.20. The highest BCUT2D eigenvalue weighted by atomic mass is 19.1. The quantitative estimate of drug-likeness (QED) is 0.788. The highest BCUT2D eigenvalue weighted by Crippen LogP contribution is 2.21. The first-order chi connectivity index (χ1) is 9.49. The van der Waals surface area contributed by atoms with Crippen LogP contribution in [0, 0.1) is 5.82 Å². The van der Waals surface area contributed by atoms with Gasteiger partial charge in [0.25, 0.3) is 0 Å². The first-order valence-electron chi connectivity index (χ1n) is 6.30. The molecule has 0 saturated carbocycles. The minimum absolute atomic E-state index is 0.127. The third kappa shape index (κ3) is 3.01. The Bertz CT molecular complexity index is 623. The van der Waals surface area contributed by atoms with Crippen LogP contribution >= 0.6 is 0 Å². The maximum Gasteiger partial charge on any atom is 0.165 e. The van der Waals surface area contributed by atoms with Crippen molar-refractivity contribution in [2.24, 2.45) is 0 Å². The van der Waals surface area contributed by atoms with Crippen LogP contribution in [0.15, 0.2) is 24.5 Å². The van der Waals surface area contributed by atoms with E-state index in [1.165, 1.54) is 31.5 Å². The molecule has 6 heteroatoms. The Hall–Kier alpha value is -2.24. The smallest absolute Gasteiger partial charge is 0.165 e. The van der Waals surface area contributed by atoms with E-state index in [0.29, 0.717) is 11.4 Å². The molecule has 0 saturated heterocycles. The van der Waals surface area contributed by atoms with Crippen LogP contribution in [0.2, 0.25) is 0 Å². The number of benzene rings is 1. The number of aromatic nitrogens is 3. The summed E-state index contributed by atoms with van der Waals surface area (Å²) in [4.78, 5) is 15.6. The van der Waals surface area contributed by atoms with E-state index in [9.17, 15) is 9.18 Å². The summed E-state index contributed by atoms with van der Waals surface area (Å²) in [7, 11) is 0. The lowest BCUT2D eigenvalue weighted by molar-refractivity contribution is 0.101. The third-order valence-corrected chi connectivity index (χ3v) is 2.82. The molecule has 0 radical (unpaired) electrons. The average Bonchev–Trinajstić information content (AvgIpc) is 2.84. The zero-order valence-corrected chi connectivity index (χ0v) is 11.6. The van der Waals surface area contributed by atoms with Gasteiger partial charge >= 0.3 is 0 Å². The first-order valence-corrected chi connectivity index (χ1v) is 6.30. The molecule has 1 aromatic heterocycles. The van der Waals surface area contributed by atoms with E-state index in [1.807, 2.05) is 13.8 Å². The summed E-state index contributed by atoms with van der Waals surface area (Å²) in [6.07, 6.45) is 1.44. The van der Waals surface area contributed by atoms with Gasteiger partial charge in [0.15, 0.2) is 11.6 Å². The summed E-state index contributed by atoms with van der Waals surface area (Å²) in [6.45, 7) is 5.49. The monoisotopic (exact) mass is 277 g/mol. The van der Waals surface area contributed by atoms with Crippen LogP contribution in [0.5, 0.6) is 5.75 Å². The van der Waals surface area contributed by atoms with Crippen molar-refractivity contribution in [3.63, 3.8) is 0 Å². The number of carbonyl (C=O) groups excluding carboxylic acids is 1. The van der Waals surface area contributed by atoms with Crippen LogP contribution in [-0.2, 0) is 6.61 Å². The first kappa shape index (κ1) is 14.2. The van der Waals surface area contributed by atoms with Crippen molar-refractivity contribution in [1.29, 1.82) is 0 Å². The van der Waals surface area contributed by atoms with E-state index in [2.05, 4.69) is 10.1 Å². The lowest BCUT2D eigenvalue weighted by atomic mass is 10.1. The van der Waals surface area contributed by atoms with E-state index < -0.39 is 5.82 Å². The highest BCUT2D eigenvalue weighted by molar-refractivity contribution is 5.96. The Morgan fingerprint density at radius 1 is 1.45 bits per heavy atom. The Kier molecular flexibility index (Phi) is 4.12. The minimum atomic E-state index is -0.449. The molecule has 0 amide bonds. The van der Waals surface area contributed by atoms with Gasteiger partial charge in [-0.1, -0.05) is 0 Å². The molecule has 2 aromatic rings. The Morgan fingerprint density at radius 2 is 2.20 bits per heavy atom. The second-order valence-electron chi connectivity index (χ2n) is 4.70. The van der Waals surface area contributed by atoms with Crippen LogP contribution in [-0.4, -0.2) is 20.5 Å². The summed E-state index contributed by atoms with van der Waals surface area (Å²) in [6, 6.07) is 4.00. The fraction of sp³-hybridized carbons (Fsp3) is 0.357. The van der Waals surface area contributed by atoms with Gasteiger partial charge in [-0.25, -0.2) is 14.1 Å². The second-order valence-corrected chi connectivity index (χ2v) is 4.70. The second kappa shape index (κ2) is 5.81.